The first-order chi connectivity index (χ1) is 17.0. The molecule has 0 saturated carbocycles. The van der Waals surface area contributed by atoms with Crippen molar-refractivity contribution in [3.63, 3.8) is 0 Å². The van der Waals surface area contributed by atoms with Crippen molar-refractivity contribution in [3.8, 4) is 0 Å². The first-order valence-corrected chi connectivity index (χ1v) is 13.0. The van der Waals surface area contributed by atoms with Gasteiger partial charge in [-0.3, -0.25) is 15.2 Å². The summed E-state index contributed by atoms with van der Waals surface area (Å²) in [6.07, 6.45) is 3.97. The molecular weight excluding hydrogens is 436 g/mol. The normalized spacial score (nSPS) is 14.4. The number of aromatic nitrogens is 1. The summed E-state index contributed by atoms with van der Waals surface area (Å²) in [6, 6.07) is 14.8. The van der Waals surface area contributed by atoms with Crippen LogP contribution in [0.1, 0.15) is 49.1 Å². The van der Waals surface area contributed by atoms with Crippen LogP contribution in [0.5, 0.6) is 0 Å². The quantitative estimate of drug-likeness (QED) is 0.404. The maximum atomic E-state index is 11.4. The third-order valence-electron chi connectivity index (χ3n) is 7.03. The summed E-state index contributed by atoms with van der Waals surface area (Å²) in [5, 5.41) is 13.2. The van der Waals surface area contributed by atoms with Crippen LogP contribution >= 0.6 is 0 Å². The Morgan fingerprint density at radius 1 is 0.943 bits per heavy atom. The van der Waals surface area contributed by atoms with Gasteiger partial charge in [-0.15, -0.1) is 0 Å². The molecule has 2 heterocycles. The Balaban J connectivity index is 1.46. The molecule has 0 radical (unpaired) electrons. The molecule has 1 saturated heterocycles. The van der Waals surface area contributed by atoms with Crippen LogP contribution in [0.15, 0.2) is 42.5 Å². The number of piperazine rings is 1. The molecule has 3 aromatic rings. The summed E-state index contributed by atoms with van der Waals surface area (Å²) in [7, 11) is 0. The van der Waals surface area contributed by atoms with Gasteiger partial charge in [-0.2, -0.15) is 0 Å². The summed E-state index contributed by atoms with van der Waals surface area (Å²) in [6.45, 7) is 11.4. The van der Waals surface area contributed by atoms with Gasteiger partial charge in [-0.25, -0.2) is 4.79 Å². The maximum absolute atomic E-state index is 11.4. The second kappa shape index (κ2) is 11.5. The summed E-state index contributed by atoms with van der Waals surface area (Å²) in [4.78, 5) is 21.1. The third kappa shape index (κ3) is 5.93. The number of nitrogens with one attached hydrogen (secondary N) is 1. The molecule has 6 heteroatoms. The topological polar surface area (TPSA) is 68.7 Å². The van der Waals surface area contributed by atoms with Gasteiger partial charge >= 0.3 is 6.09 Å². The predicted octanol–water partition coefficient (Wildman–Crippen LogP) is 5.90. The van der Waals surface area contributed by atoms with Crippen molar-refractivity contribution < 1.29 is 9.90 Å². The van der Waals surface area contributed by atoms with Crippen LogP contribution in [-0.4, -0.2) is 53.8 Å². The molecule has 4 rings (SSSR count). The number of carboxylic acid groups (broad SMARTS) is 1. The molecule has 2 N–H and O–H groups in total. The largest absolute Gasteiger partial charge is 0.465 e. The zero-order valence-corrected chi connectivity index (χ0v) is 21.3. The van der Waals surface area contributed by atoms with Gasteiger partial charge in [0.25, 0.3) is 0 Å². The molecule has 2 aromatic carbocycles. The Morgan fingerprint density at radius 3 is 2.43 bits per heavy atom. The Bertz CT molecular complexity index is 1170. The standard InChI is InChI=1S/C29H38N4O2/c1-4-7-22-12-14-27(31-29(34)35)24(8-5-2)23(22)15-16-32-17-19-33(20-18-32)28-10-6-9-26-25(28)13-11-21(3)30-26/h6,9-14,31H,4-5,7-8,15-20H2,1-3H3,(H,34,35). The fourth-order valence-electron chi connectivity index (χ4n) is 5.32. The van der Waals surface area contributed by atoms with Crippen molar-refractivity contribution in [3.05, 3.63) is 64.8 Å². The average Bonchev–Trinajstić information content (AvgIpc) is 2.85. The van der Waals surface area contributed by atoms with Crippen molar-refractivity contribution in [2.45, 2.75) is 52.9 Å². The average molecular weight is 475 g/mol. The maximum Gasteiger partial charge on any atom is 0.409 e. The monoisotopic (exact) mass is 474 g/mol. The molecule has 1 amide bonds. The van der Waals surface area contributed by atoms with E-state index in [1.807, 2.05) is 13.0 Å². The fraction of sp³-hybridized carbons (Fsp3) is 0.448. The van der Waals surface area contributed by atoms with Crippen LogP contribution in [0.25, 0.3) is 10.9 Å². The summed E-state index contributed by atoms with van der Waals surface area (Å²) < 4.78 is 0. The lowest BCUT2D eigenvalue weighted by Gasteiger charge is -2.37. The minimum absolute atomic E-state index is 0.749. The van der Waals surface area contributed by atoms with Crippen molar-refractivity contribution in [1.29, 1.82) is 0 Å². The van der Waals surface area contributed by atoms with E-state index in [0.29, 0.717) is 0 Å². The molecule has 0 spiro atoms. The lowest BCUT2D eigenvalue weighted by atomic mass is 9.91. The molecule has 1 aromatic heterocycles. The van der Waals surface area contributed by atoms with E-state index < -0.39 is 6.09 Å². The summed E-state index contributed by atoms with van der Waals surface area (Å²) >= 11 is 0. The van der Waals surface area contributed by atoms with E-state index in [-0.39, 0.29) is 0 Å². The van der Waals surface area contributed by atoms with Gasteiger partial charge in [0.05, 0.1) is 5.52 Å². The number of anilines is 2. The van der Waals surface area contributed by atoms with Crippen LogP contribution in [0.4, 0.5) is 16.2 Å². The molecular formula is C29H38N4O2. The van der Waals surface area contributed by atoms with E-state index in [2.05, 4.69) is 65.4 Å². The number of fused-ring (bicyclic) bond motifs is 1. The highest BCUT2D eigenvalue weighted by Gasteiger charge is 2.20. The number of nitrogens with zero attached hydrogens (tertiary/aromatic N) is 3. The lowest BCUT2D eigenvalue weighted by Crippen LogP contribution is -2.47. The first-order valence-electron chi connectivity index (χ1n) is 13.0. The van der Waals surface area contributed by atoms with Gasteiger partial charge < -0.3 is 10.0 Å². The van der Waals surface area contributed by atoms with Crippen molar-refractivity contribution in [1.82, 2.24) is 9.88 Å². The van der Waals surface area contributed by atoms with E-state index in [1.165, 1.54) is 27.8 Å². The highest BCUT2D eigenvalue weighted by molar-refractivity contribution is 5.92. The molecule has 1 aliphatic rings. The number of aryl methyl sites for hydroxylation is 2. The van der Waals surface area contributed by atoms with Crippen LogP contribution in [0.3, 0.4) is 0 Å². The zero-order chi connectivity index (χ0) is 24.8. The second-order valence-corrected chi connectivity index (χ2v) is 9.53. The number of pyridine rings is 1. The number of rotatable bonds is 9. The number of benzene rings is 2. The number of hydrogen-bond acceptors (Lipinski definition) is 4. The van der Waals surface area contributed by atoms with Gasteiger partial charge in [-0.1, -0.05) is 38.8 Å². The van der Waals surface area contributed by atoms with Crippen molar-refractivity contribution >= 4 is 28.4 Å². The molecule has 1 fully saturated rings. The molecule has 0 aliphatic carbocycles. The zero-order valence-electron chi connectivity index (χ0n) is 21.3. The van der Waals surface area contributed by atoms with Crippen LogP contribution < -0.4 is 10.2 Å². The van der Waals surface area contributed by atoms with Crippen LogP contribution in [0.2, 0.25) is 0 Å². The van der Waals surface area contributed by atoms with E-state index >= 15 is 0 Å². The molecule has 1 aliphatic heterocycles. The Hall–Kier alpha value is -3.12. The Labute approximate surface area is 209 Å². The Morgan fingerprint density at radius 2 is 1.71 bits per heavy atom. The predicted molar refractivity (Wildman–Crippen MR) is 145 cm³/mol. The van der Waals surface area contributed by atoms with Gasteiger partial charge in [0.2, 0.25) is 0 Å². The van der Waals surface area contributed by atoms with E-state index in [9.17, 15) is 9.90 Å². The smallest absolute Gasteiger partial charge is 0.409 e. The number of amides is 1. The molecule has 186 valence electrons. The molecule has 6 nitrogen and oxygen atoms in total. The van der Waals surface area contributed by atoms with E-state index in [1.54, 1.807) is 0 Å². The minimum Gasteiger partial charge on any atom is -0.465 e. The van der Waals surface area contributed by atoms with Crippen LogP contribution in [-0.2, 0) is 19.3 Å². The Kier molecular flexibility index (Phi) is 8.24. The lowest BCUT2D eigenvalue weighted by molar-refractivity contribution is 0.209. The first kappa shape index (κ1) is 25.0. The minimum atomic E-state index is -0.994. The third-order valence-corrected chi connectivity index (χ3v) is 7.03. The van der Waals surface area contributed by atoms with Gasteiger partial charge in [0.1, 0.15) is 0 Å². The molecule has 35 heavy (non-hydrogen) atoms. The van der Waals surface area contributed by atoms with Gasteiger partial charge in [0.15, 0.2) is 0 Å². The van der Waals surface area contributed by atoms with Crippen LogP contribution in [0, 0.1) is 6.92 Å². The summed E-state index contributed by atoms with van der Waals surface area (Å²) in [5.74, 6) is 0. The highest BCUT2D eigenvalue weighted by Crippen LogP contribution is 2.29. The second-order valence-electron chi connectivity index (χ2n) is 9.53. The van der Waals surface area contributed by atoms with Crippen molar-refractivity contribution in [2.75, 3.05) is 42.9 Å². The molecule has 0 bridgehead atoms. The molecule has 0 atom stereocenters. The van der Waals surface area contributed by atoms with E-state index in [0.717, 1.165) is 81.7 Å². The van der Waals surface area contributed by atoms with Crippen molar-refractivity contribution in [2.24, 2.45) is 0 Å². The fourth-order valence-corrected chi connectivity index (χ4v) is 5.32. The summed E-state index contributed by atoms with van der Waals surface area (Å²) in [5.41, 5.74) is 8.02. The number of hydrogen-bond donors (Lipinski definition) is 2. The number of carbonyl (C=O) groups is 1. The van der Waals surface area contributed by atoms with Gasteiger partial charge in [0, 0.05) is 55.2 Å². The van der Waals surface area contributed by atoms with Gasteiger partial charge in [-0.05, 0) is 73.2 Å². The molecule has 0 unspecified atom stereocenters. The highest BCUT2D eigenvalue weighted by atomic mass is 16.4. The van der Waals surface area contributed by atoms with E-state index in [4.69, 9.17) is 4.98 Å². The SMILES string of the molecule is CCCc1ccc(NC(=O)O)c(CCC)c1CCN1CCN(c2cccc3nc(C)ccc23)CC1.